The highest BCUT2D eigenvalue weighted by Gasteiger charge is 2.26. The SMILES string of the molecule is COCC(=O)N1CCC(c2ncc(C(=O)Nc3ccc(F)cc3)c(C)n2)CC1. The van der Waals surface area contributed by atoms with Gasteiger partial charge in [-0.1, -0.05) is 0 Å². The van der Waals surface area contributed by atoms with Gasteiger partial charge in [-0.3, -0.25) is 9.59 Å². The zero-order chi connectivity index (χ0) is 20.1. The number of hydrogen-bond donors (Lipinski definition) is 1. The Bertz CT molecular complexity index is 849. The number of benzene rings is 1. The van der Waals surface area contributed by atoms with Gasteiger partial charge in [0, 0.05) is 38.0 Å². The van der Waals surface area contributed by atoms with Crippen LogP contribution in [-0.2, 0) is 9.53 Å². The minimum atomic E-state index is -0.364. The lowest BCUT2D eigenvalue weighted by Crippen LogP contribution is -2.40. The van der Waals surface area contributed by atoms with Crippen molar-refractivity contribution >= 4 is 17.5 Å². The molecule has 1 fully saturated rings. The van der Waals surface area contributed by atoms with Crippen LogP contribution in [0.3, 0.4) is 0 Å². The van der Waals surface area contributed by atoms with E-state index in [4.69, 9.17) is 4.74 Å². The third-order valence-electron chi connectivity index (χ3n) is 4.83. The summed E-state index contributed by atoms with van der Waals surface area (Å²) in [5.74, 6) is 0.132. The molecule has 1 saturated heterocycles. The Hall–Kier alpha value is -2.87. The van der Waals surface area contributed by atoms with Crippen molar-refractivity contribution in [3.05, 3.63) is 53.4 Å². The Morgan fingerprint density at radius 1 is 1.25 bits per heavy atom. The number of aryl methyl sites for hydroxylation is 1. The molecule has 1 aromatic carbocycles. The molecule has 2 amide bonds. The number of likely N-dealkylation sites (tertiary alicyclic amines) is 1. The fourth-order valence-corrected chi connectivity index (χ4v) is 3.24. The second-order valence-electron chi connectivity index (χ2n) is 6.78. The average Bonchev–Trinajstić information content (AvgIpc) is 2.70. The second kappa shape index (κ2) is 8.88. The van der Waals surface area contributed by atoms with Crippen LogP contribution in [0.4, 0.5) is 10.1 Å². The number of nitrogens with zero attached hydrogens (tertiary/aromatic N) is 3. The smallest absolute Gasteiger partial charge is 0.259 e. The van der Waals surface area contributed by atoms with Crippen LogP contribution in [0.25, 0.3) is 0 Å². The monoisotopic (exact) mass is 386 g/mol. The van der Waals surface area contributed by atoms with Crippen LogP contribution in [-0.4, -0.2) is 53.5 Å². The van der Waals surface area contributed by atoms with Crippen molar-refractivity contribution in [1.82, 2.24) is 14.9 Å². The minimum absolute atomic E-state index is 0.00846. The fourth-order valence-electron chi connectivity index (χ4n) is 3.24. The van der Waals surface area contributed by atoms with E-state index in [1.165, 1.54) is 37.6 Å². The first-order valence-electron chi connectivity index (χ1n) is 9.15. The summed E-state index contributed by atoms with van der Waals surface area (Å²) in [7, 11) is 1.51. The zero-order valence-corrected chi connectivity index (χ0v) is 15.9. The Kier molecular flexibility index (Phi) is 6.30. The number of aromatic nitrogens is 2. The Morgan fingerprint density at radius 2 is 1.93 bits per heavy atom. The molecule has 0 unspecified atom stereocenters. The van der Waals surface area contributed by atoms with Crippen LogP contribution in [0.15, 0.2) is 30.5 Å². The van der Waals surface area contributed by atoms with Gasteiger partial charge in [0.05, 0.1) is 11.3 Å². The van der Waals surface area contributed by atoms with E-state index in [0.29, 0.717) is 35.9 Å². The number of carbonyl (C=O) groups excluding carboxylic acids is 2. The van der Waals surface area contributed by atoms with Gasteiger partial charge >= 0.3 is 0 Å². The summed E-state index contributed by atoms with van der Waals surface area (Å²) < 4.78 is 17.9. The topological polar surface area (TPSA) is 84.4 Å². The maximum Gasteiger partial charge on any atom is 0.259 e. The molecule has 7 nitrogen and oxygen atoms in total. The molecule has 0 atom stereocenters. The molecule has 148 valence electrons. The number of halogens is 1. The van der Waals surface area contributed by atoms with Gasteiger partial charge in [0.25, 0.3) is 5.91 Å². The maximum atomic E-state index is 13.0. The lowest BCUT2D eigenvalue weighted by molar-refractivity contribution is -0.136. The van der Waals surface area contributed by atoms with E-state index < -0.39 is 0 Å². The van der Waals surface area contributed by atoms with Crippen molar-refractivity contribution in [2.45, 2.75) is 25.7 Å². The zero-order valence-electron chi connectivity index (χ0n) is 15.9. The first-order valence-corrected chi connectivity index (χ1v) is 9.15. The molecule has 0 bridgehead atoms. The molecule has 8 heteroatoms. The first kappa shape index (κ1) is 19.9. The molecule has 0 radical (unpaired) electrons. The van der Waals surface area contributed by atoms with Crippen LogP contribution in [0, 0.1) is 12.7 Å². The van der Waals surface area contributed by atoms with Gasteiger partial charge in [0.1, 0.15) is 18.2 Å². The Labute approximate surface area is 162 Å². The predicted octanol–water partition coefficient (Wildman–Crippen LogP) is 2.53. The minimum Gasteiger partial charge on any atom is -0.375 e. The molecule has 0 aliphatic carbocycles. The summed E-state index contributed by atoms with van der Waals surface area (Å²) in [4.78, 5) is 35.0. The number of piperidine rings is 1. The number of rotatable bonds is 5. The third kappa shape index (κ3) is 4.69. The molecular formula is C20H23FN4O3. The second-order valence-corrected chi connectivity index (χ2v) is 6.78. The van der Waals surface area contributed by atoms with Crippen molar-refractivity contribution in [2.75, 3.05) is 32.1 Å². The summed E-state index contributed by atoms with van der Waals surface area (Å²) in [6.45, 7) is 3.14. The van der Waals surface area contributed by atoms with Crippen molar-refractivity contribution in [3.63, 3.8) is 0 Å². The summed E-state index contributed by atoms with van der Waals surface area (Å²) in [5.41, 5.74) is 1.46. The van der Waals surface area contributed by atoms with Crippen LogP contribution in [0.1, 0.15) is 40.6 Å². The molecule has 1 aliphatic rings. The summed E-state index contributed by atoms with van der Waals surface area (Å²) in [6.07, 6.45) is 3.07. The fraction of sp³-hybridized carbons (Fsp3) is 0.400. The summed E-state index contributed by atoms with van der Waals surface area (Å²) in [5, 5.41) is 2.71. The van der Waals surface area contributed by atoms with E-state index in [-0.39, 0.29) is 30.2 Å². The van der Waals surface area contributed by atoms with Gasteiger partial charge < -0.3 is 15.0 Å². The van der Waals surface area contributed by atoms with Gasteiger partial charge in [-0.05, 0) is 44.0 Å². The maximum absolute atomic E-state index is 13.0. The molecule has 1 aromatic heterocycles. The van der Waals surface area contributed by atoms with E-state index in [1.807, 2.05) is 0 Å². The first-order chi connectivity index (χ1) is 13.5. The van der Waals surface area contributed by atoms with Crippen molar-refractivity contribution in [2.24, 2.45) is 0 Å². The highest BCUT2D eigenvalue weighted by atomic mass is 19.1. The molecule has 0 saturated carbocycles. The number of hydrogen-bond acceptors (Lipinski definition) is 5. The van der Waals surface area contributed by atoms with Crippen LogP contribution < -0.4 is 5.32 Å². The lowest BCUT2D eigenvalue weighted by atomic mass is 9.95. The molecule has 2 heterocycles. The van der Waals surface area contributed by atoms with Gasteiger partial charge in [0.2, 0.25) is 5.91 Å². The largest absolute Gasteiger partial charge is 0.375 e. The average molecular weight is 386 g/mol. The van der Waals surface area contributed by atoms with Crippen LogP contribution in [0.2, 0.25) is 0 Å². The number of amides is 2. The van der Waals surface area contributed by atoms with Crippen molar-refractivity contribution in [3.8, 4) is 0 Å². The van der Waals surface area contributed by atoms with Gasteiger partial charge in [-0.15, -0.1) is 0 Å². The molecule has 1 N–H and O–H groups in total. The molecular weight excluding hydrogens is 363 g/mol. The van der Waals surface area contributed by atoms with E-state index in [0.717, 1.165) is 12.8 Å². The number of nitrogens with one attached hydrogen (secondary N) is 1. The van der Waals surface area contributed by atoms with Crippen LogP contribution in [0.5, 0.6) is 0 Å². The lowest BCUT2D eigenvalue weighted by Gasteiger charge is -2.31. The quantitative estimate of drug-likeness (QED) is 0.854. The Morgan fingerprint density at radius 3 is 2.54 bits per heavy atom. The normalized spacial score (nSPS) is 14.8. The van der Waals surface area contributed by atoms with Crippen LogP contribution >= 0.6 is 0 Å². The molecule has 2 aromatic rings. The Balaban J connectivity index is 1.63. The summed E-state index contributed by atoms with van der Waals surface area (Å²) in [6, 6.07) is 5.56. The molecule has 3 rings (SSSR count). The number of ether oxygens (including phenoxy) is 1. The predicted molar refractivity (Wildman–Crippen MR) is 102 cm³/mol. The van der Waals surface area contributed by atoms with E-state index >= 15 is 0 Å². The number of carbonyl (C=O) groups is 2. The van der Waals surface area contributed by atoms with Gasteiger partial charge in [0.15, 0.2) is 0 Å². The third-order valence-corrected chi connectivity index (χ3v) is 4.83. The van der Waals surface area contributed by atoms with E-state index in [2.05, 4.69) is 15.3 Å². The summed E-state index contributed by atoms with van der Waals surface area (Å²) >= 11 is 0. The van der Waals surface area contributed by atoms with Gasteiger partial charge in [-0.25, -0.2) is 14.4 Å². The molecule has 1 aliphatic heterocycles. The standard InChI is InChI=1S/C20H23FN4O3/c1-13-17(20(27)24-16-5-3-15(21)4-6-16)11-22-19(23-13)14-7-9-25(10-8-14)18(26)12-28-2/h3-6,11,14H,7-10,12H2,1-2H3,(H,24,27). The number of methoxy groups -OCH3 is 1. The van der Waals surface area contributed by atoms with Gasteiger partial charge in [-0.2, -0.15) is 0 Å². The van der Waals surface area contributed by atoms with Crippen molar-refractivity contribution in [1.29, 1.82) is 0 Å². The highest BCUT2D eigenvalue weighted by molar-refractivity contribution is 6.04. The highest BCUT2D eigenvalue weighted by Crippen LogP contribution is 2.26. The number of anilines is 1. The molecule has 28 heavy (non-hydrogen) atoms. The van der Waals surface area contributed by atoms with Crippen molar-refractivity contribution < 1.29 is 18.7 Å². The molecule has 0 spiro atoms. The van der Waals surface area contributed by atoms with E-state index in [9.17, 15) is 14.0 Å². The van der Waals surface area contributed by atoms with E-state index in [1.54, 1.807) is 11.8 Å².